The van der Waals surface area contributed by atoms with Gasteiger partial charge in [-0.3, -0.25) is 4.79 Å². The fraction of sp³-hybridized carbons (Fsp3) is 0.615. The van der Waals surface area contributed by atoms with Crippen molar-refractivity contribution >= 4 is 28.3 Å². The molecule has 7 heteroatoms. The Hall–Kier alpha value is -1.63. The van der Waals surface area contributed by atoms with Gasteiger partial charge >= 0.3 is 5.97 Å². The second kappa shape index (κ2) is 6.21. The Kier molecular flexibility index (Phi) is 4.59. The Labute approximate surface area is 122 Å². The molecule has 1 unspecified atom stereocenters. The van der Waals surface area contributed by atoms with Crippen molar-refractivity contribution in [2.75, 3.05) is 24.6 Å². The number of aromatic nitrogens is 1. The van der Waals surface area contributed by atoms with E-state index in [1.165, 1.54) is 11.3 Å². The van der Waals surface area contributed by atoms with Crippen molar-refractivity contribution < 1.29 is 14.3 Å². The van der Waals surface area contributed by atoms with Crippen LogP contribution in [0.25, 0.3) is 0 Å². The zero-order valence-corrected chi connectivity index (χ0v) is 12.7. The van der Waals surface area contributed by atoms with E-state index in [1.807, 2.05) is 18.7 Å². The number of rotatable bonds is 4. The van der Waals surface area contributed by atoms with Gasteiger partial charge < -0.3 is 15.0 Å². The Morgan fingerprint density at radius 1 is 1.55 bits per heavy atom. The molecule has 6 nitrogen and oxygen atoms in total. The number of thiazole rings is 1. The summed E-state index contributed by atoms with van der Waals surface area (Å²) >= 11 is 1.43. The SMILES string of the molecule is CCOC(=O)c1nc(N2CCNC(=O)C2CC)sc1C. The maximum absolute atomic E-state index is 11.9. The average Bonchev–Trinajstić information content (AvgIpc) is 2.80. The molecule has 0 spiro atoms. The molecule has 1 aromatic rings. The molecule has 0 aliphatic carbocycles. The minimum Gasteiger partial charge on any atom is -0.461 e. The topological polar surface area (TPSA) is 71.5 Å². The summed E-state index contributed by atoms with van der Waals surface area (Å²) in [7, 11) is 0. The third kappa shape index (κ3) is 2.77. The number of nitrogens with one attached hydrogen (secondary N) is 1. The zero-order chi connectivity index (χ0) is 14.7. The summed E-state index contributed by atoms with van der Waals surface area (Å²) in [6.07, 6.45) is 0.708. The molecule has 0 radical (unpaired) electrons. The number of amides is 1. The second-order valence-corrected chi connectivity index (χ2v) is 5.71. The first-order valence-electron chi connectivity index (χ1n) is 6.77. The van der Waals surface area contributed by atoms with Crippen molar-refractivity contribution in [1.82, 2.24) is 10.3 Å². The molecule has 1 atom stereocenters. The highest BCUT2D eigenvalue weighted by atomic mass is 32.1. The van der Waals surface area contributed by atoms with E-state index in [0.29, 0.717) is 36.9 Å². The first kappa shape index (κ1) is 14.8. The molecule has 0 aromatic carbocycles. The number of anilines is 1. The van der Waals surface area contributed by atoms with Crippen LogP contribution < -0.4 is 10.2 Å². The summed E-state index contributed by atoms with van der Waals surface area (Å²) in [6, 6.07) is -0.218. The lowest BCUT2D eigenvalue weighted by molar-refractivity contribution is -0.123. The molecule has 110 valence electrons. The molecular weight excluding hydrogens is 278 g/mol. The maximum atomic E-state index is 11.9. The molecular formula is C13H19N3O3S. The van der Waals surface area contributed by atoms with Crippen LogP contribution in [0.2, 0.25) is 0 Å². The number of esters is 1. The number of carbonyl (C=O) groups is 2. The lowest BCUT2D eigenvalue weighted by Gasteiger charge is -2.34. The van der Waals surface area contributed by atoms with Crippen molar-refractivity contribution in [2.24, 2.45) is 0 Å². The molecule has 1 aliphatic rings. The van der Waals surface area contributed by atoms with E-state index in [4.69, 9.17) is 4.74 Å². The van der Waals surface area contributed by atoms with Gasteiger partial charge in [-0.25, -0.2) is 9.78 Å². The molecule has 2 rings (SSSR count). The van der Waals surface area contributed by atoms with Crippen LogP contribution in [-0.4, -0.2) is 42.6 Å². The number of piperazine rings is 1. The van der Waals surface area contributed by atoms with Gasteiger partial charge in [0.15, 0.2) is 10.8 Å². The first-order chi connectivity index (χ1) is 9.58. The van der Waals surface area contributed by atoms with Crippen LogP contribution in [-0.2, 0) is 9.53 Å². The fourth-order valence-corrected chi connectivity index (χ4v) is 3.22. The predicted octanol–water partition coefficient (Wildman–Crippen LogP) is 1.34. The molecule has 2 heterocycles. The number of aryl methyl sites for hydroxylation is 1. The summed E-state index contributed by atoms with van der Waals surface area (Å²) in [4.78, 5) is 30.8. The number of hydrogen-bond donors (Lipinski definition) is 1. The summed E-state index contributed by atoms with van der Waals surface area (Å²) in [5, 5.41) is 3.57. The van der Waals surface area contributed by atoms with Crippen LogP contribution in [0.1, 0.15) is 35.6 Å². The van der Waals surface area contributed by atoms with Crippen molar-refractivity contribution in [1.29, 1.82) is 0 Å². The molecule has 0 bridgehead atoms. The molecule has 1 aliphatic heterocycles. The van der Waals surface area contributed by atoms with E-state index in [2.05, 4.69) is 10.3 Å². The van der Waals surface area contributed by atoms with E-state index < -0.39 is 5.97 Å². The van der Waals surface area contributed by atoms with Gasteiger partial charge in [0.25, 0.3) is 0 Å². The third-order valence-corrected chi connectivity index (χ3v) is 4.23. The van der Waals surface area contributed by atoms with Gasteiger partial charge in [0, 0.05) is 18.0 Å². The average molecular weight is 297 g/mol. The van der Waals surface area contributed by atoms with Gasteiger partial charge in [-0.2, -0.15) is 0 Å². The predicted molar refractivity (Wildman–Crippen MR) is 77.2 cm³/mol. The van der Waals surface area contributed by atoms with Gasteiger partial charge in [0.2, 0.25) is 5.91 Å². The number of nitrogens with zero attached hydrogens (tertiary/aromatic N) is 2. The van der Waals surface area contributed by atoms with Gasteiger partial charge in [0.05, 0.1) is 6.61 Å². The number of hydrogen-bond acceptors (Lipinski definition) is 6. The summed E-state index contributed by atoms with van der Waals surface area (Å²) in [6.45, 7) is 7.22. The van der Waals surface area contributed by atoms with E-state index >= 15 is 0 Å². The summed E-state index contributed by atoms with van der Waals surface area (Å²) < 4.78 is 4.99. The standard InChI is InChI=1S/C13H19N3O3S/c1-4-9-11(17)14-6-7-16(9)13-15-10(8(3)20-13)12(18)19-5-2/h9H,4-7H2,1-3H3,(H,14,17). The number of ether oxygens (including phenoxy) is 1. The molecule has 1 N–H and O–H groups in total. The van der Waals surface area contributed by atoms with E-state index in [-0.39, 0.29) is 11.9 Å². The van der Waals surface area contributed by atoms with Gasteiger partial charge in [-0.05, 0) is 20.3 Å². The second-order valence-electron chi connectivity index (χ2n) is 4.53. The highest BCUT2D eigenvalue weighted by molar-refractivity contribution is 7.15. The zero-order valence-electron chi connectivity index (χ0n) is 11.9. The van der Waals surface area contributed by atoms with Crippen molar-refractivity contribution in [2.45, 2.75) is 33.2 Å². The van der Waals surface area contributed by atoms with Gasteiger partial charge in [-0.1, -0.05) is 6.92 Å². The van der Waals surface area contributed by atoms with Crippen LogP contribution in [0.4, 0.5) is 5.13 Å². The highest BCUT2D eigenvalue weighted by Crippen LogP contribution is 2.29. The Bertz CT molecular complexity index is 515. The minimum absolute atomic E-state index is 0.0179. The van der Waals surface area contributed by atoms with Crippen LogP contribution in [0.5, 0.6) is 0 Å². The Balaban J connectivity index is 2.26. The van der Waals surface area contributed by atoms with Crippen molar-refractivity contribution in [3.05, 3.63) is 10.6 Å². The van der Waals surface area contributed by atoms with Gasteiger partial charge in [-0.15, -0.1) is 11.3 Å². The summed E-state index contributed by atoms with van der Waals surface area (Å²) in [5.41, 5.74) is 0.354. The monoisotopic (exact) mass is 297 g/mol. The van der Waals surface area contributed by atoms with Gasteiger partial charge in [0.1, 0.15) is 6.04 Å². The molecule has 0 saturated carbocycles. The Morgan fingerprint density at radius 3 is 2.95 bits per heavy atom. The smallest absolute Gasteiger partial charge is 0.358 e. The van der Waals surface area contributed by atoms with Crippen LogP contribution in [0.3, 0.4) is 0 Å². The van der Waals surface area contributed by atoms with E-state index in [9.17, 15) is 9.59 Å². The van der Waals surface area contributed by atoms with Crippen molar-refractivity contribution in [3.63, 3.8) is 0 Å². The van der Waals surface area contributed by atoms with E-state index in [0.717, 1.165) is 4.88 Å². The lowest BCUT2D eigenvalue weighted by Crippen LogP contribution is -2.55. The molecule has 1 saturated heterocycles. The molecule has 1 fully saturated rings. The largest absolute Gasteiger partial charge is 0.461 e. The van der Waals surface area contributed by atoms with Crippen LogP contribution in [0, 0.1) is 6.92 Å². The van der Waals surface area contributed by atoms with Crippen molar-refractivity contribution in [3.8, 4) is 0 Å². The van der Waals surface area contributed by atoms with Crippen LogP contribution in [0.15, 0.2) is 0 Å². The first-order valence-corrected chi connectivity index (χ1v) is 7.59. The third-order valence-electron chi connectivity index (χ3n) is 3.22. The number of carbonyl (C=O) groups excluding carboxylic acids is 2. The molecule has 1 aromatic heterocycles. The Morgan fingerprint density at radius 2 is 2.30 bits per heavy atom. The molecule has 20 heavy (non-hydrogen) atoms. The van der Waals surface area contributed by atoms with E-state index in [1.54, 1.807) is 6.92 Å². The molecule has 1 amide bonds. The highest BCUT2D eigenvalue weighted by Gasteiger charge is 2.31. The summed E-state index contributed by atoms with van der Waals surface area (Å²) in [5.74, 6) is -0.383. The van der Waals surface area contributed by atoms with Crippen LogP contribution >= 0.6 is 11.3 Å². The lowest BCUT2D eigenvalue weighted by atomic mass is 10.1. The minimum atomic E-state index is -0.401. The normalized spacial score (nSPS) is 18.9. The fourth-order valence-electron chi connectivity index (χ4n) is 2.24. The maximum Gasteiger partial charge on any atom is 0.358 e. The quantitative estimate of drug-likeness (QED) is 0.849.